The van der Waals surface area contributed by atoms with Gasteiger partial charge in [-0.25, -0.2) is 0 Å². The molecule has 1 heterocycles. The molecule has 0 radical (unpaired) electrons. The minimum absolute atomic E-state index is 0.00273. The molecular formula is C19H33N3O3. The molecule has 0 aromatic rings. The number of rotatable bonds is 8. The molecule has 1 rings (SSSR count). The summed E-state index contributed by atoms with van der Waals surface area (Å²) in [5.41, 5.74) is 5.56. The summed E-state index contributed by atoms with van der Waals surface area (Å²) in [5, 5.41) is 2.88. The van der Waals surface area contributed by atoms with E-state index in [0.29, 0.717) is 19.4 Å². The number of carbonyl (C=O) groups is 3. The zero-order valence-corrected chi connectivity index (χ0v) is 16.1. The van der Waals surface area contributed by atoms with Gasteiger partial charge in [-0.1, -0.05) is 40.7 Å². The topological polar surface area (TPSA) is 92.5 Å². The average molecular weight is 351 g/mol. The van der Waals surface area contributed by atoms with Gasteiger partial charge in [0.15, 0.2) is 0 Å². The minimum Gasteiger partial charge on any atom is -0.368 e. The van der Waals surface area contributed by atoms with Crippen LogP contribution in [0.3, 0.4) is 0 Å². The molecule has 1 fully saturated rings. The van der Waals surface area contributed by atoms with Crippen LogP contribution in [0.5, 0.6) is 0 Å². The molecule has 142 valence electrons. The van der Waals surface area contributed by atoms with E-state index in [4.69, 9.17) is 5.73 Å². The van der Waals surface area contributed by atoms with Crippen molar-refractivity contribution in [1.29, 1.82) is 0 Å². The number of carbonyl (C=O) groups excluding carboxylic acids is 3. The molecule has 0 bridgehead atoms. The van der Waals surface area contributed by atoms with E-state index in [9.17, 15) is 14.4 Å². The minimum atomic E-state index is -0.655. The molecule has 4 atom stereocenters. The summed E-state index contributed by atoms with van der Waals surface area (Å²) in [6, 6.07) is -1.29. The van der Waals surface area contributed by atoms with Gasteiger partial charge in [-0.15, -0.1) is 6.58 Å². The maximum absolute atomic E-state index is 13.1. The normalized spacial score (nSPS) is 22.8. The number of nitrogens with one attached hydrogen (secondary N) is 1. The largest absolute Gasteiger partial charge is 0.368 e. The second-order valence-electron chi connectivity index (χ2n) is 7.71. The summed E-state index contributed by atoms with van der Waals surface area (Å²) >= 11 is 0. The molecule has 1 aliphatic heterocycles. The van der Waals surface area contributed by atoms with Gasteiger partial charge in [0.1, 0.15) is 12.1 Å². The molecule has 0 saturated carbocycles. The fraction of sp³-hybridized carbons (Fsp3) is 0.737. The summed E-state index contributed by atoms with van der Waals surface area (Å²) < 4.78 is 0. The molecule has 3 unspecified atom stereocenters. The second-order valence-corrected chi connectivity index (χ2v) is 7.71. The maximum atomic E-state index is 13.1. The van der Waals surface area contributed by atoms with Crippen LogP contribution in [0.1, 0.15) is 47.5 Å². The van der Waals surface area contributed by atoms with E-state index in [1.54, 1.807) is 11.0 Å². The predicted molar refractivity (Wildman–Crippen MR) is 98.4 cm³/mol. The van der Waals surface area contributed by atoms with E-state index in [-0.39, 0.29) is 35.5 Å². The van der Waals surface area contributed by atoms with Crippen molar-refractivity contribution in [2.45, 2.75) is 59.5 Å². The Morgan fingerprint density at radius 3 is 2.24 bits per heavy atom. The number of nitrogens with two attached hydrogens (primary N) is 1. The number of amides is 3. The Kier molecular flexibility index (Phi) is 7.64. The first-order valence-corrected chi connectivity index (χ1v) is 9.12. The molecule has 0 aliphatic carbocycles. The van der Waals surface area contributed by atoms with Gasteiger partial charge in [0, 0.05) is 12.5 Å². The van der Waals surface area contributed by atoms with Crippen molar-refractivity contribution in [3.63, 3.8) is 0 Å². The highest BCUT2D eigenvalue weighted by Gasteiger charge is 2.43. The highest BCUT2D eigenvalue weighted by atomic mass is 16.2. The molecule has 0 aromatic carbocycles. The van der Waals surface area contributed by atoms with Crippen LogP contribution in [0.15, 0.2) is 12.7 Å². The first kappa shape index (κ1) is 21.2. The van der Waals surface area contributed by atoms with Crippen molar-refractivity contribution >= 4 is 17.7 Å². The van der Waals surface area contributed by atoms with Crippen LogP contribution >= 0.6 is 0 Å². The fourth-order valence-corrected chi connectivity index (χ4v) is 3.23. The van der Waals surface area contributed by atoms with Crippen molar-refractivity contribution in [3.8, 4) is 0 Å². The Bertz CT molecular complexity index is 516. The third kappa shape index (κ3) is 5.06. The van der Waals surface area contributed by atoms with Gasteiger partial charge in [0.25, 0.3) is 0 Å². The van der Waals surface area contributed by atoms with Crippen LogP contribution in [0.2, 0.25) is 0 Å². The molecule has 0 aromatic heterocycles. The van der Waals surface area contributed by atoms with E-state index in [0.717, 1.165) is 0 Å². The van der Waals surface area contributed by atoms with Gasteiger partial charge in [-0.3, -0.25) is 14.4 Å². The van der Waals surface area contributed by atoms with Crippen LogP contribution in [0.25, 0.3) is 0 Å². The Labute approximate surface area is 151 Å². The van der Waals surface area contributed by atoms with Gasteiger partial charge in [0.2, 0.25) is 17.7 Å². The number of primary amides is 1. The number of allylic oxidation sites excluding steroid dienone is 1. The summed E-state index contributed by atoms with van der Waals surface area (Å²) in [7, 11) is 0. The quantitative estimate of drug-likeness (QED) is 0.652. The first-order chi connectivity index (χ1) is 11.6. The zero-order valence-electron chi connectivity index (χ0n) is 16.1. The predicted octanol–water partition coefficient (Wildman–Crippen LogP) is 1.70. The van der Waals surface area contributed by atoms with Crippen LogP contribution in [-0.2, 0) is 14.4 Å². The SMILES string of the molecule is C=CC[C@H]1CCN(C(=O)C(NC(=O)C(C)C(C)C)C(C)C)C1C(N)=O. The maximum Gasteiger partial charge on any atom is 0.246 e. The molecule has 3 N–H and O–H groups in total. The van der Waals surface area contributed by atoms with Gasteiger partial charge < -0.3 is 16.0 Å². The van der Waals surface area contributed by atoms with Gasteiger partial charge in [-0.2, -0.15) is 0 Å². The van der Waals surface area contributed by atoms with Crippen molar-refractivity contribution in [1.82, 2.24) is 10.2 Å². The highest BCUT2D eigenvalue weighted by Crippen LogP contribution is 2.29. The van der Waals surface area contributed by atoms with Crippen LogP contribution in [-0.4, -0.2) is 41.2 Å². The van der Waals surface area contributed by atoms with Crippen molar-refractivity contribution in [2.24, 2.45) is 29.4 Å². The zero-order chi connectivity index (χ0) is 19.3. The van der Waals surface area contributed by atoms with E-state index in [1.807, 2.05) is 34.6 Å². The molecule has 3 amide bonds. The number of hydrogen-bond acceptors (Lipinski definition) is 3. The monoisotopic (exact) mass is 351 g/mol. The van der Waals surface area contributed by atoms with Crippen LogP contribution in [0.4, 0.5) is 0 Å². The molecule has 6 nitrogen and oxygen atoms in total. The lowest BCUT2D eigenvalue weighted by atomic mass is 9.94. The molecular weight excluding hydrogens is 318 g/mol. The Balaban J connectivity index is 2.96. The Morgan fingerprint density at radius 1 is 1.20 bits per heavy atom. The Hall–Kier alpha value is -1.85. The standard InChI is InChI=1S/C19H33N3O3/c1-7-8-14-9-10-22(16(14)17(20)23)19(25)15(12(4)5)21-18(24)13(6)11(2)3/h7,11-16H,1,8-10H2,2-6H3,(H2,20,23)(H,21,24)/t13?,14-,15?,16?/m0/s1. The lowest BCUT2D eigenvalue weighted by Crippen LogP contribution is -2.56. The second kappa shape index (κ2) is 9.02. The van der Waals surface area contributed by atoms with Crippen LogP contribution < -0.4 is 11.1 Å². The summed E-state index contributed by atoms with van der Waals surface area (Å²) in [5.74, 6) is -0.950. The molecule has 1 saturated heterocycles. The smallest absolute Gasteiger partial charge is 0.246 e. The highest BCUT2D eigenvalue weighted by molar-refractivity contribution is 5.92. The average Bonchev–Trinajstić information content (AvgIpc) is 2.94. The van der Waals surface area contributed by atoms with Gasteiger partial charge >= 0.3 is 0 Å². The third-order valence-corrected chi connectivity index (χ3v) is 5.21. The first-order valence-electron chi connectivity index (χ1n) is 9.12. The van der Waals surface area contributed by atoms with E-state index >= 15 is 0 Å². The summed E-state index contributed by atoms with van der Waals surface area (Å²) in [6.45, 7) is 13.8. The van der Waals surface area contributed by atoms with Crippen molar-refractivity contribution in [3.05, 3.63) is 12.7 Å². The Morgan fingerprint density at radius 2 is 1.80 bits per heavy atom. The molecule has 0 spiro atoms. The molecule has 1 aliphatic rings. The van der Waals surface area contributed by atoms with E-state index in [2.05, 4.69) is 11.9 Å². The summed E-state index contributed by atoms with van der Waals surface area (Å²) in [6.07, 6.45) is 3.10. The van der Waals surface area contributed by atoms with Crippen molar-refractivity contribution in [2.75, 3.05) is 6.54 Å². The molecule has 6 heteroatoms. The van der Waals surface area contributed by atoms with Gasteiger partial charge in [-0.05, 0) is 30.6 Å². The number of hydrogen-bond donors (Lipinski definition) is 2. The van der Waals surface area contributed by atoms with E-state index in [1.165, 1.54) is 0 Å². The van der Waals surface area contributed by atoms with Crippen LogP contribution in [0, 0.1) is 23.7 Å². The van der Waals surface area contributed by atoms with Gasteiger partial charge in [0.05, 0.1) is 0 Å². The lowest BCUT2D eigenvalue weighted by molar-refractivity contribution is -0.143. The lowest BCUT2D eigenvalue weighted by Gasteiger charge is -2.32. The number of likely N-dealkylation sites (tertiary alicyclic amines) is 1. The number of nitrogens with zero attached hydrogens (tertiary/aromatic N) is 1. The van der Waals surface area contributed by atoms with Crippen molar-refractivity contribution < 1.29 is 14.4 Å². The van der Waals surface area contributed by atoms with E-state index < -0.39 is 18.0 Å². The summed E-state index contributed by atoms with van der Waals surface area (Å²) in [4.78, 5) is 38.9. The fourth-order valence-electron chi connectivity index (χ4n) is 3.23. The molecule has 25 heavy (non-hydrogen) atoms. The third-order valence-electron chi connectivity index (χ3n) is 5.21.